The highest BCUT2D eigenvalue weighted by atomic mass is 16.5. The quantitative estimate of drug-likeness (QED) is 0.366. The van der Waals surface area contributed by atoms with Crippen LogP contribution in [0.3, 0.4) is 0 Å². The van der Waals surface area contributed by atoms with Gasteiger partial charge in [-0.15, -0.1) is 0 Å². The molecule has 0 aromatic carbocycles. The van der Waals surface area contributed by atoms with Crippen LogP contribution in [0.25, 0.3) is 0 Å². The highest BCUT2D eigenvalue weighted by Crippen LogP contribution is 2.03. The first-order valence-electron chi connectivity index (χ1n) is 6.24. The predicted octanol–water partition coefficient (Wildman–Crippen LogP) is 1.49. The van der Waals surface area contributed by atoms with Crippen molar-refractivity contribution in [1.29, 1.82) is 0 Å². The molecular weight excluding hydrogens is 218 g/mol. The zero-order chi connectivity index (χ0) is 13.1. The van der Waals surface area contributed by atoms with Gasteiger partial charge < -0.3 is 15.2 Å². The lowest BCUT2D eigenvalue weighted by molar-refractivity contribution is -0.136. The molecule has 4 nitrogen and oxygen atoms in total. The molecule has 0 saturated carbocycles. The molecule has 17 heavy (non-hydrogen) atoms. The van der Waals surface area contributed by atoms with E-state index in [4.69, 9.17) is 5.11 Å². The molecule has 0 fully saturated rings. The number of ether oxygens (including phenoxy) is 1. The molecule has 1 unspecified atom stereocenters. The largest absolute Gasteiger partial charge is 0.466 e. The molecule has 0 aliphatic carbocycles. The average molecular weight is 243 g/mol. The number of aliphatic hydroxyl groups excluding tert-OH is 1. The number of carbonyl (C=O) groups excluding carboxylic acids is 1. The van der Waals surface area contributed by atoms with Crippen LogP contribution >= 0.6 is 0 Å². The number of methoxy groups -OCH3 is 1. The van der Waals surface area contributed by atoms with E-state index in [1.54, 1.807) is 0 Å². The highest BCUT2D eigenvalue weighted by molar-refractivity contribution is 5.88. The van der Waals surface area contributed by atoms with Crippen molar-refractivity contribution in [2.75, 3.05) is 26.8 Å². The van der Waals surface area contributed by atoms with Crippen LogP contribution in [0.2, 0.25) is 0 Å². The van der Waals surface area contributed by atoms with E-state index in [2.05, 4.69) is 10.1 Å². The van der Waals surface area contributed by atoms with E-state index in [0.717, 1.165) is 19.4 Å². The van der Waals surface area contributed by atoms with Gasteiger partial charge in [-0.2, -0.15) is 0 Å². The van der Waals surface area contributed by atoms with Gasteiger partial charge in [0.1, 0.15) is 0 Å². The molecule has 0 heterocycles. The van der Waals surface area contributed by atoms with Gasteiger partial charge >= 0.3 is 5.97 Å². The van der Waals surface area contributed by atoms with Crippen molar-refractivity contribution in [2.24, 2.45) is 5.92 Å². The summed E-state index contributed by atoms with van der Waals surface area (Å²) in [6.07, 6.45) is 4.62. The minimum Gasteiger partial charge on any atom is -0.466 e. The molecule has 0 aromatic rings. The van der Waals surface area contributed by atoms with Gasteiger partial charge in [0.2, 0.25) is 0 Å². The fourth-order valence-corrected chi connectivity index (χ4v) is 1.47. The van der Waals surface area contributed by atoms with Crippen molar-refractivity contribution in [2.45, 2.75) is 33.1 Å². The second-order valence-corrected chi connectivity index (χ2v) is 4.21. The Morgan fingerprint density at radius 2 is 2.24 bits per heavy atom. The molecule has 0 amide bonds. The Balaban J connectivity index is 3.67. The SMILES string of the molecule is CCC(=CCNCCCC(C)CO)C(=O)OC. The summed E-state index contributed by atoms with van der Waals surface area (Å²) < 4.78 is 4.66. The molecule has 0 radical (unpaired) electrons. The Morgan fingerprint density at radius 3 is 2.76 bits per heavy atom. The first kappa shape index (κ1) is 16.1. The lowest BCUT2D eigenvalue weighted by atomic mass is 10.1. The molecule has 2 N–H and O–H groups in total. The molecule has 1 atom stereocenters. The number of aliphatic hydroxyl groups is 1. The Hall–Kier alpha value is -0.870. The maximum atomic E-state index is 11.2. The van der Waals surface area contributed by atoms with Crippen LogP contribution in [0.1, 0.15) is 33.1 Å². The fraction of sp³-hybridized carbons (Fsp3) is 0.769. The molecule has 0 bridgehead atoms. The van der Waals surface area contributed by atoms with Gasteiger partial charge in [0, 0.05) is 18.7 Å². The van der Waals surface area contributed by atoms with Crippen LogP contribution in [0.15, 0.2) is 11.6 Å². The summed E-state index contributed by atoms with van der Waals surface area (Å²) in [5.41, 5.74) is 0.712. The van der Waals surface area contributed by atoms with Crippen LogP contribution in [0.5, 0.6) is 0 Å². The van der Waals surface area contributed by atoms with Crippen LogP contribution < -0.4 is 5.32 Å². The molecule has 0 saturated heterocycles. The summed E-state index contributed by atoms with van der Waals surface area (Å²) in [6, 6.07) is 0. The third-order valence-electron chi connectivity index (χ3n) is 2.68. The molecule has 100 valence electrons. The minimum absolute atomic E-state index is 0.247. The van der Waals surface area contributed by atoms with Crippen molar-refractivity contribution in [1.82, 2.24) is 5.32 Å². The monoisotopic (exact) mass is 243 g/mol. The van der Waals surface area contributed by atoms with E-state index >= 15 is 0 Å². The predicted molar refractivity (Wildman–Crippen MR) is 68.7 cm³/mol. The summed E-state index contributed by atoms with van der Waals surface area (Å²) in [5, 5.41) is 12.1. The molecule has 0 aliphatic rings. The second kappa shape index (κ2) is 10.3. The van der Waals surface area contributed by atoms with Gasteiger partial charge in [-0.1, -0.05) is 19.9 Å². The summed E-state index contributed by atoms with van der Waals surface area (Å²) in [5.74, 6) is 0.122. The zero-order valence-electron chi connectivity index (χ0n) is 11.2. The molecular formula is C13H25NO3. The van der Waals surface area contributed by atoms with Crippen LogP contribution in [-0.4, -0.2) is 37.9 Å². The lowest BCUT2D eigenvalue weighted by Gasteiger charge is -2.07. The maximum Gasteiger partial charge on any atom is 0.333 e. The lowest BCUT2D eigenvalue weighted by Crippen LogP contribution is -2.17. The summed E-state index contributed by atoms with van der Waals surface area (Å²) in [7, 11) is 1.40. The van der Waals surface area contributed by atoms with Crippen molar-refractivity contribution < 1.29 is 14.6 Å². The van der Waals surface area contributed by atoms with E-state index in [0.29, 0.717) is 24.5 Å². The molecule has 0 aromatic heterocycles. The highest BCUT2D eigenvalue weighted by Gasteiger charge is 2.05. The standard InChI is InChI=1S/C13H25NO3/c1-4-12(13(16)17-3)7-9-14-8-5-6-11(2)10-15/h7,11,14-15H,4-6,8-10H2,1-3H3. The van der Waals surface area contributed by atoms with Gasteiger partial charge in [0.25, 0.3) is 0 Å². The smallest absolute Gasteiger partial charge is 0.333 e. The van der Waals surface area contributed by atoms with Gasteiger partial charge in [0.05, 0.1) is 7.11 Å². The van der Waals surface area contributed by atoms with E-state index in [-0.39, 0.29) is 12.6 Å². The molecule has 0 spiro atoms. The number of hydrogen-bond donors (Lipinski definition) is 2. The Morgan fingerprint density at radius 1 is 1.53 bits per heavy atom. The van der Waals surface area contributed by atoms with Gasteiger partial charge in [-0.3, -0.25) is 0 Å². The first-order valence-corrected chi connectivity index (χ1v) is 6.24. The van der Waals surface area contributed by atoms with Gasteiger partial charge in [0.15, 0.2) is 0 Å². The van der Waals surface area contributed by atoms with Crippen molar-refractivity contribution in [3.63, 3.8) is 0 Å². The van der Waals surface area contributed by atoms with Crippen molar-refractivity contribution >= 4 is 5.97 Å². The molecule has 0 aliphatic heterocycles. The molecule has 0 rings (SSSR count). The topological polar surface area (TPSA) is 58.6 Å². The molecule has 4 heteroatoms. The first-order chi connectivity index (χ1) is 8.15. The van der Waals surface area contributed by atoms with E-state index in [9.17, 15) is 4.79 Å². The van der Waals surface area contributed by atoms with Gasteiger partial charge in [-0.25, -0.2) is 4.79 Å². The number of carbonyl (C=O) groups is 1. The van der Waals surface area contributed by atoms with Crippen molar-refractivity contribution in [3.05, 3.63) is 11.6 Å². The third kappa shape index (κ3) is 7.94. The zero-order valence-corrected chi connectivity index (χ0v) is 11.2. The minimum atomic E-state index is -0.247. The van der Waals surface area contributed by atoms with E-state index in [1.165, 1.54) is 7.11 Å². The number of hydrogen-bond acceptors (Lipinski definition) is 4. The maximum absolute atomic E-state index is 11.2. The number of esters is 1. The van der Waals surface area contributed by atoms with Gasteiger partial charge in [-0.05, 0) is 31.7 Å². The van der Waals surface area contributed by atoms with E-state index < -0.39 is 0 Å². The summed E-state index contributed by atoms with van der Waals surface area (Å²) >= 11 is 0. The normalized spacial score (nSPS) is 13.5. The van der Waals surface area contributed by atoms with Crippen LogP contribution in [0, 0.1) is 5.92 Å². The second-order valence-electron chi connectivity index (χ2n) is 4.21. The third-order valence-corrected chi connectivity index (χ3v) is 2.68. The fourth-order valence-electron chi connectivity index (χ4n) is 1.47. The van der Waals surface area contributed by atoms with Crippen LogP contribution in [-0.2, 0) is 9.53 Å². The van der Waals surface area contributed by atoms with Crippen LogP contribution in [0.4, 0.5) is 0 Å². The Labute approximate surface area is 104 Å². The Kier molecular flexibility index (Phi) is 9.77. The summed E-state index contributed by atoms with van der Waals surface area (Å²) in [6.45, 7) is 5.81. The average Bonchev–Trinajstić information content (AvgIpc) is 2.36. The summed E-state index contributed by atoms with van der Waals surface area (Å²) in [4.78, 5) is 11.2. The number of rotatable bonds is 9. The Bertz CT molecular complexity index is 239. The van der Waals surface area contributed by atoms with Crippen molar-refractivity contribution in [3.8, 4) is 0 Å². The van der Waals surface area contributed by atoms with E-state index in [1.807, 2.05) is 19.9 Å². The number of nitrogens with one attached hydrogen (secondary N) is 1.